The van der Waals surface area contributed by atoms with E-state index in [0.717, 1.165) is 19.3 Å². The van der Waals surface area contributed by atoms with Crippen molar-refractivity contribution in [1.29, 1.82) is 0 Å². The van der Waals surface area contributed by atoms with E-state index in [1.165, 1.54) is 77.0 Å². The van der Waals surface area contributed by atoms with Crippen molar-refractivity contribution >= 4 is 17.6 Å². The lowest BCUT2D eigenvalue weighted by molar-refractivity contribution is -0.143. The van der Waals surface area contributed by atoms with Gasteiger partial charge in [0, 0.05) is 12.3 Å². The molecule has 23 heavy (non-hydrogen) atoms. The van der Waals surface area contributed by atoms with E-state index in [2.05, 4.69) is 6.92 Å². The molecular weight excluding hydrogens is 308 g/mol. The predicted molar refractivity (Wildman–Crippen MR) is 101 cm³/mol. The summed E-state index contributed by atoms with van der Waals surface area (Å²) in [4.78, 5) is 11.4. The van der Waals surface area contributed by atoms with Gasteiger partial charge in [-0.15, -0.1) is 11.6 Å². The SMILES string of the molecule is CCCCCCCCCCCCCCCCC(=O)OCCCCl. The summed E-state index contributed by atoms with van der Waals surface area (Å²) in [5.41, 5.74) is 0. The van der Waals surface area contributed by atoms with E-state index in [9.17, 15) is 4.79 Å². The van der Waals surface area contributed by atoms with Crippen LogP contribution < -0.4 is 0 Å². The zero-order chi connectivity index (χ0) is 17.0. The molecule has 0 aliphatic carbocycles. The molecule has 3 heteroatoms. The first-order valence-corrected chi connectivity index (χ1v) is 10.6. The van der Waals surface area contributed by atoms with Crippen LogP contribution >= 0.6 is 11.6 Å². The summed E-state index contributed by atoms with van der Waals surface area (Å²) in [6.45, 7) is 2.75. The lowest BCUT2D eigenvalue weighted by atomic mass is 10.0. The van der Waals surface area contributed by atoms with Crippen LogP contribution in [0.2, 0.25) is 0 Å². The van der Waals surface area contributed by atoms with Gasteiger partial charge in [-0.1, -0.05) is 90.4 Å². The maximum atomic E-state index is 11.4. The number of alkyl halides is 1. The molecule has 2 nitrogen and oxygen atoms in total. The molecule has 0 aromatic carbocycles. The second-order valence-corrected chi connectivity index (χ2v) is 6.99. The molecule has 0 saturated heterocycles. The van der Waals surface area contributed by atoms with Gasteiger partial charge in [-0.2, -0.15) is 0 Å². The second-order valence-electron chi connectivity index (χ2n) is 6.61. The average molecular weight is 347 g/mol. The molecule has 0 bridgehead atoms. The molecular formula is C20H39ClO2. The third-order valence-corrected chi connectivity index (χ3v) is 4.54. The summed E-state index contributed by atoms with van der Waals surface area (Å²) in [6.07, 6.45) is 20.1. The number of carbonyl (C=O) groups is 1. The molecule has 0 N–H and O–H groups in total. The summed E-state index contributed by atoms with van der Waals surface area (Å²) in [5, 5.41) is 0. The van der Waals surface area contributed by atoms with Crippen molar-refractivity contribution in [1.82, 2.24) is 0 Å². The number of unbranched alkanes of at least 4 members (excludes halogenated alkanes) is 13. The molecule has 0 fully saturated rings. The molecule has 138 valence electrons. The van der Waals surface area contributed by atoms with Gasteiger partial charge in [0.2, 0.25) is 0 Å². The molecule has 0 heterocycles. The number of ether oxygens (including phenoxy) is 1. The van der Waals surface area contributed by atoms with E-state index >= 15 is 0 Å². The minimum atomic E-state index is -0.0611. The Bertz CT molecular complexity index is 244. The van der Waals surface area contributed by atoms with E-state index in [1.54, 1.807) is 0 Å². The van der Waals surface area contributed by atoms with Gasteiger partial charge in [-0.25, -0.2) is 0 Å². The van der Waals surface area contributed by atoms with Crippen LogP contribution in [-0.4, -0.2) is 18.5 Å². The summed E-state index contributed by atoms with van der Waals surface area (Å²) >= 11 is 5.53. The largest absolute Gasteiger partial charge is 0.466 e. The van der Waals surface area contributed by atoms with Crippen molar-refractivity contribution in [2.45, 2.75) is 110 Å². The monoisotopic (exact) mass is 346 g/mol. The first-order chi connectivity index (χ1) is 11.3. The van der Waals surface area contributed by atoms with Crippen molar-refractivity contribution in [3.63, 3.8) is 0 Å². The minimum absolute atomic E-state index is 0.0611. The molecule has 0 aromatic heterocycles. The molecule has 0 radical (unpaired) electrons. The lowest BCUT2D eigenvalue weighted by Crippen LogP contribution is -2.05. The molecule has 0 atom stereocenters. The maximum absolute atomic E-state index is 11.4. The Hall–Kier alpha value is -0.240. The Morgan fingerprint density at radius 3 is 1.57 bits per heavy atom. The van der Waals surface area contributed by atoms with Crippen molar-refractivity contribution in [3.05, 3.63) is 0 Å². The summed E-state index contributed by atoms with van der Waals surface area (Å²) < 4.78 is 5.07. The Kier molecular flexibility index (Phi) is 19.6. The van der Waals surface area contributed by atoms with Crippen LogP contribution in [0.5, 0.6) is 0 Å². The van der Waals surface area contributed by atoms with Crippen molar-refractivity contribution in [3.8, 4) is 0 Å². The first-order valence-electron chi connectivity index (χ1n) is 10.0. The molecule has 0 aliphatic rings. The van der Waals surface area contributed by atoms with Gasteiger partial charge >= 0.3 is 5.97 Å². The highest BCUT2D eigenvalue weighted by molar-refractivity contribution is 6.17. The number of esters is 1. The second kappa shape index (κ2) is 19.8. The quantitative estimate of drug-likeness (QED) is 0.151. The number of rotatable bonds is 18. The van der Waals surface area contributed by atoms with Gasteiger partial charge in [0.25, 0.3) is 0 Å². The van der Waals surface area contributed by atoms with Gasteiger partial charge in [-0.05, 0) is 12.8 Å². The maximum Gasteiger partial charge on any atom is 0.305 e. The normalized spacial score (nSPS) is 10.9. The van der Waals surface area contributed by atoms with E-state index in [0.29, 0.717) is 18.9 Å². The van der Waals surface area contributed by atoms with E-state index in [4.69, 9.17) is 16.3 Å². The van der Waals surface area contributed by atoms with Crippen LogP contribution in [0.15, 0.2) is 0 Å². The Labute approximate surface area is 149 Å². The average Bonchev–Trinajstić information content (AvgIpc) is 2.55. The highest BCUT2D eigenvalue weighted by Crippen LogP contribution is 2.13. The van der Waals surface area contributed by atoms with E-state index in [-0.39, 0.29) is 5.97 Å². The number of halogens is 1. The van der Waals surface area contributed by atoms with Gasteiger partial charge in [0.05, 0.1) is 6.61 Å². The van der Waals surface area contributed by atoms with Crippen LogP contribution in [0.4, 0.5) is 0 Å². The van der Waals surface area contributed by atoms with Crippen LogP contribution in [0.1, 0.15) is 110 Å². The smallest absolute Gasteiger partial charge is 0.305 e. The van der Waals surface area contributed by atoms with Crippen LogP contribution in [0.3, 0.4) is 0 Å². The predicted octanol–water partition coefficient (Wildman–Crippen LogP) is 7.03. The highest BCUT2D eigenvalue weighted by atomic mass is 35.5. The fraction of sp³-hybridized carbons (Fsp3) is 0.950. The molecule has 0 aromatic rings. The zero-order valence-corrected chi connectivity index (χ0v) is 16.2. The highest BCUT2D eigenvalue weighted by Gasteiger charge is 2.02. The van der Waals surface area contributed by atoms with Crippen LogP contribution in [-0.2, 0) is 9.53 Å². The van der Waals surface area contributed by atoms with Gasteiger partial charge < -0.3 is 4.74 Å². The van der Waals surface area contributed by atoms with E-state index < -0.39 is 0 Å². The molecule has 0 saturated carbocycles. The van der Waals surface area contributed by atoms with Crippen molar-refractivity contribution < 1.29 is 9.53 Å². The van der Waals surface area contributed by atoms with Crippen LogP contribution in [0, 0.1) is 0 Å². The standard InChI is InChI=1S/C20H39ClO2/c1-2-3-4-5-6-7-8-9-10-11-12-13-14-15-17-20(22)23-19-16-18-21/h2-19H2,1H3. The number of hydrogen-bond donors (Lipinski definition) is 0. The van der Waals surface area contributed by atoms with Crippen molar-refractivity contribution in [2.75, 3.05) is 12.5 Å². The fourth-order valence-corrected chi connectivity index (χ4v) is 2.89. The third kappa shape index (κ3) is 19.7. The molecule has 0 aliphatic heterocycles. The van der Waals surface area contributed by atoms with Crippen LogP contribution in [0.25, 0.3) is 0 Å². The van der Waals surface area contributed by atoms with Gasteiger partial charge in [-0.3, -0.25) is 4.79 Å². The fourth-order valence-electron chi connectivity index (χ4n) is 2.78. The molecule has 0 rings (SSSR count). The number of hydrogen-bond acceptors (Lipinski definition) is 2. The lowest BCUT2D eigenvalue weighted by Gasteiger charge is -2.04. The number of carbonyl (C=O) groups excluding carboxylic acids is 1. The Morgan fingerprint density at radius 1 is 0.696 bits per heavy atom. The topological polar surface area (TPSA) is 26.3 Å². The zero-order valence-electron chi connectivity index (χ0n) is 15.4. The van der Waals surface area contributed by atoms with Crippen molar-refractivity contribution in [2.24, 2.45) is 0 Å². The third-order valence-electron chi connectivity index (χ3n) is 4.28. The van der Waals surface area contributed by atoms with Gasteiger partial charge in [0.1, 0.15) is 0 Å². The Balaban J connectivity index is 3.06. The first kappa shape index (κ1) is 22.8. The molecule has 0 unspecified atom stereocenters. The summed E-state index contributed by atoms with van der Waals surface area (Å²) in [6, 6.07) is 0. The Morgan fingerprint density at radius 2 is 1.13 bits per heavy atom. The summed E-state index contributed by atoms with van der Waals surface area (Å²) in [5.74, 6) is 0.501. The van der Waals surface area contributed by atoms with E-state index in [1.807, 2.05) is 0 Å². The molecule has 0 amide bonds. The molecule has 0 spiro atoms. The summed E-state index contributed by atoms with van der Waals surface area (Å²) in [7, 11) is 0. The minimum Gasteiger partial charge on any atom is -0.466 e. The van der Waals surface area contributed by atoms with Gasteiger partial charge in [0.15, 0.2) is 0 Å².